The second kappa shape index (κ2) is 7.76. The van der Waals surface area contributed by atoms with Crippen LogP contribution in [0.15, 0.2) is 12.1 Å². The maximum absolute atomic E-state index is 12.4. The molecule has 0 aliphatic carbocycles. The first-order chi connectivity index (χ1) is 12.8. The molecule has 27 heavy (non-hydrogen) atoms. The summed E-state index contributed by atoms with van der Waals surface area (Å²) < 4.78 is 16.3. The van der Waals surface area contributed by atoms with Gasteiger partial charge in [0.15, 0.2) is 6.61 Å². The van der Waals surface area contributed by atoms with Crippen LogP contribution in [0.1, 0.15) is 31.9 Å². The number of anilines is 1. The Kier molecular flexibility index (Phi) is 5.60. The standard InChI is InChI=1S/C20H28N2O5/c1-20(2,3)27-19(24)21-7-5-14-11-16-17(12-15(14)6-8-21)26-13-18(23)22(16)9-10-25-4/h11-12H,5-10,13H2,1-4H3. The molecule has 1 aromatic rings. The molecule has 0 unspecified atom stereocenters. The minimum Gasteiger partial charge on any atom is -0.482 e. The zero-order valence-corrected chi connectivity index (χ0v) is 16.5. The summed E-state index contributed by atoms with van der Waals surface area (Å²) in [5.74, 6) is 0.652. The Labute approximate surface area is 160 Å². The van der Waals surface area contributed by atoms with E-state index in [0.29, 0.717) is 32.7 Å². The number of hydrogen-bond donors (Lipinski definition) is 0. The maximum Gasteiger partial charge on any atom is 0.410 e. The van der Waals surface area contributed by atoms with Crippen LogP contribution in [-0.4, -0.2) is 62.5 Å². The van der Waals surface area contributed by atoms with Crippen molar-refractivity contribution in [2.45, 2.75) is 39.2 Å². The third-order valence-electron chi connectivity index (χ3n) is 4.70. The number of carbonyl (C=O) groups is 2. The van der Waals surface area contributed by atoms with E-state index in [1.54, 1.807) is 16.9 Å². The Bertz CT molecular complexity index is 726. The van der Waals surface area contributed by atoms with Gasteiger partial charge in [-0.05, 0) is 56.9 Å². The van der Waals surface area contributed by atoms with Gasteiger partial charge in [0.1, 0.15) is 11.4 Å². The van der Waals surface area contributed by atoms with E-state index in [0.717, 1.165) is 29.0 Å². The second-order valence-corrected chi connectivity index (χ2v) is 7.88. The zero-order valence-electron chi connectivity index (χ0n) is 16.5. The highest BCUT2D eigenvalue weighted by atomic mass is 16.6. The lowest BCUT2D eigenvalue weighted by molar-refractivity contribution is -0.121. The van der Waals surface area contributed by atoms with E-state index in [-0.39, 0.29) is 18.6 Å². The Morgan fingerprint density at radius 1 is 1.19 bits per heavy atom. The Hall–Kier alpha value is -2.28. The molecule has 7 heteroatoms. The van der Waals surface area contributed by atoms with Crippen molar-refractivity contribution in [2.75, 3.05) is 44.9 Å². The molecule has 2 aliphatic heterocycles. The zero-order chi connectivity index (χ0) is 19.6. The molecule has 0 bridgehead atoms. The molecular weight excluding hydrogens is 348 g/mol. The molecule has 0 N–H and O–H groups in total. The number of nitrogens with zero attached hydrogens (tertiary/aromatic N) is 2. The van der Waals surface area contributed by atoms with E-state index in [1.165, 1.54) is 0 Å². The third kappa shape index (κ3) is 4.53. The van der Waals surface area contributed by atoms with Crippen LogP contribution in [0.4, 0.5) is 10.5 Å². The third-order valence-corrected chi connectivity index (χ3v) is 4.70. The molecule has 0 fully saturated rings. The second-order valence-electron chi connectivity index (χ2n) is 7.88. The first-order valence-corrected chi connectivity index (χ1v) is 9.34. The fourth-order valence-electron chi connectivity index (χ4n) is 3.36. The predicted octanol–water partition coefficient (Wildman–Crippen LogP) is 2.39. The van der Waals surface area contributed by atoms with Gasteiger partial charge in [-0.2, -0.15) is 0 Å². The lowest BCUT2D eigenvalue weighted by atomic mass is 10.0. The number of rotatable bonds is 3. The summed E-state index contributed by atoms with van der Waals surface area (Å²) in [6.45, 7) is 7.81. The largest absolute Gasteiger partial charge is 0.482 e. The Balaban J connectivity index is 1.79. The maximum atomic E-state index is 12.4. The number of fused-ring (bicyclic) bond motifs is 2. The summed E-state index contributed by atoms with van der Waals surface area (Å²) >= 11 is 0. The van der Waals surface area contributed by atoms with Crippen LogP contribution < -0.4 is 9.64 Å². The van der Waals surface area contributed by atoms with Crippen molar-refractivity contribution in [3.05, 3.63) is 23.3 Å². The highest BCUT2D eigenvalue weighted by Crippen LogP contribution is 2.36. The van der Waals surface area contributed by atoms with Crippen LogP contribution >= 0.6 is 0 Å². The highest BCUT2D eigenvalue weighted by molar-refractivity contribution is 5.98. The van der Waals surface area contributed by atoms with Crippen molar-refractivity contribution < 1.29 is 23.8 Å². The van der Waals surface area contributed by atoms with Gasteiger partial charge >= 0.3 is 6.09 Å². The number of carbonyl (C=O) groups excluding carboxylic acids is 2. The molecule has 1 aromatic carbocycles. The molecule has 0 atom stereocenters. The number of methoxy groups -OCH3 is 1. The number of benzene rings is 1. The van der Waals surface area contributed by atoms with Crippen molar-refractivity contribution >= 4 is 17.7 Å². The van der Waals surface area contributed by atoms with Gasteiger partial charge in [0.25, 0.3) is 5.91 Å². The number of amides is 2. The topological polar surface area (TPSA) is 68.3 Å². The minimum absolute atomic E-state index is 0.0412. The van der Waals surface area contributed by atoms with Crippen LogP contribution in [0.2, 0.25) is 0 Å². The molecule has 0 spiro atoms. The first-order valence-electron chi connectivity index (χ1n) is 9.34. The van der Waals surface area contributed by atoms with Gasteiger partial charge in [-0.3, -0.25) is 4.79 Å². The van der Waals surface area contributed by atoms with Gasteiger partial charge in [0.05, 0.1) is 12.3 Å². The minimum atomic E-state index is -0.509. The van der Waals surface area contributed by atoms with E-state index in [1.807, 2.05) is 32.9 Å². The van der Waals surface area contributed by atoms with Gasteiger partial charge < -0.3 is 24.0 Å². The molecule has 0 radical (unpaired) electrons. The number of hydrogen-bond acceptors (Lipinski definition) is 5. The van der Waals surface area contributed by atoms with Gasteiger partial charge in [0.2, 0.25) is 0 Å². The average Bonchev–Trinajstić information content (AvgIpc) is 2.80. The SMILES string of the molecule is COCCN1C(=O)COc2cc3c(cc21)CCN(C(=O)OC(C)(C)C)CC3. The van der Waals surface area contributed by atoms with Crippen LogP contribution in [0.5, 0.6) is 5.75 Å². The molecule has 2 amide bonds. The molecule has 2 heterocycles. The summed E-state index contributed by atoms with van der Waals surface area (Å²) in [6, 6.07) is 4.03. The lowest BCUT2D eigenvalue weighted by Gasteiger charge is -2.30. The van der Waals surface area contributed by atoms with E-state index in [4.69, 9.17) is 14.2 Å². The molecule has 148 valence electrons. The fourth-order valence-corrected chi connectivity index (χ4v) is 3.36. The van der Waals surface area contributed by atoms with Crippen LogP contribution in [0, 0.1) is 0 Å². The highest BCUT2D eigenvalue weighted by Gasteiger charge is 2.29. The average molecular weight is 376 g/mol. The molecule has 0 saturated carbocycles. The van der Waals surface area contributed by atoms with Gasteiger partial charge in [0, 0.05) is 26.7 Å². The summed E-state index contributed by atoms with van der Waals surface area (Å²) in [4.78, 5) is 28.1. The van der Waals surface area contributed by atoms with E-state index in [2.05, 4.69) is 0 Å². The van der Waals surface area contributed by atoms with Crippen molar-refractivity contribution in [2.24, 2.45) is 0 Å². The van der Waals surface area contributed by atoms with E-state index < -0.39 is 5.60 Å². The van der Waals surface area contributed by atoms with Crippen LogP contribution in [0.25, 0.3) is 0 Å². The molecular formula is C20H28N2O5. The Morgan fingerprint density at radius 2 is 1.85 bits per heavy atom. The summed E-state index contributed by atoms with van der Waals surface area (Å²) in [6.07, 6.45) is 1.17. The van der Waals surface area contributed by atoms with Gasteiger partial charge in [-0.1, -0.05) is 0 Å². The summed E-state index contributed by atoms with van der Waals surface area (Å²) in [5, 5.41) is 0. The molecule has 3 rings (SSSR count). The summed E-state index contributed by atoms with van der Waals surface area (Å²) in [5.41, 5.74) is 2.57. The number of ether oxygens (including phenoxy) is 3. The van der Waals surface area contributed by atoms with Crippen molar-refractivity contribution in [3.63, 3.8) is 0 Å². The fraction of sp³-hybridized carbons (Fsp3) is 0.600. The Morgan fingerprint density at radius 3 is 2.48 bits per heavy atom. The van der Waals surface area contributed by atoms with Crippen LogP contribution in [-0.2, 0) is 27.1 Å². The van der Waals surface area contributed by atoms with Gasteiger partial charge in [-0.15, -0.1) is 0 Å². The molecule has 7 nitrogen and oxygen atoms in total. The first kappa shape index (κ1) is 19.5. The van der Waals surface area contributed by atoms with Crippen molar-refractivity contribution in [3.8, 4) is 5.75 Å². The molecule has 0 saturated heterocycles. The predicted molar refractivity (Wildman–Crippen MR) is 101 cm³/mol. The van der Waals surface area contributed by atoms with E-state index >= 15 is 0 Å². The smallest absolute Gasteiger partial charge is 0.410 e. The van der Waals surface area contributed by atoms with Crippen LogP contribution in [0.3, 0.4) is 0 Å². The van der Waals surface area contributed by atoms with E-state index in [9.17, 15) is 9.59 Å². The molecule has 0 aromatic heterocycles. The van der Waals surface area contributed by atoms with Crippen molar-refractivity contribution in [1.82, 2.24) is 4.90 Å². The van der Waals surface area contributed by atoms with Crippen molar-refractivity contribution in [1.29, 1.82) is 0 Å². The van der Waals surface area contributed by atoms with Gasteiger partial charge in [-0.25, -0.2) is 4.79 Å². The quantitative estimate of drug-likeness (QED) is 0.810. The molecule has 2 aliphatic rings. The monoisotopic (exact) mass is 376 g/mol. The normalized spacial score (nSPS) is 17.0. The summed E-state index contributed by atoms with van der Waals surface area (Å²) in [7, 11) is 1.62. The lowest BCUT2D eigenvalue weighted by Crippen LogP contribution is -2.40.